The largest absolute Gasteiger partial charge is 0.334 e. The van der Waals surface area contributed by atoms with Gasteiger partial charge in [-0.05, 0) is 48.9 Å². The Morgan fingerprint density at radius 3 is 2.42 bits per heavy atom. The Hall–Kier alpha value is -2.38. The van der Waals surface area contributed by atoms with Gasteiger partial charge < -0.3 is 4.52 Å². The molecule has 1 aromatic heterocycles. The normalized spacial score (nSPS) is 11.7. The van der Waals surface area contributed by atoms with E-state index in [0.29, 0.717) is 33.6 Å². The molecule has 1 N–H and O–H groups in total. The van der Waals surface area contributed by atoms with Crippen LogP contribution in [-0.2, 0) is 10.0 Å². The molecule has 0 aliphatic heterocycles. The molecule has 3 rings (SSSR count). The quantitative estimate of drug-likeness (QED) is 0.685. The third kappa shape index (κ3) is 3.89. The average Bonchev–Trinajstić information content (AvgIpc) is 3.07. The summed E-state index contributed by atoms with van der Waals surface area (Å²) in [5.74, 6) is 1.19. The Kier molecular flexibility index (Phi) is 5.02. The second-order valence-electron chi connectivity index (χ2n) is 6.21. The van der Waals surface area contributed by atoms with Gasteiger partial charge in [0.2, 0.25) is 0 Å². The molecule has 8 heteroatoms. The van der Waals surface area contributed by atoms with Crippen LogP contribution >= 0.6 is 11.6 Å². The van der Waals surface area contributed by atoms with E-state index >= 15 is 0 Å². The number of hydrogen-bond acceptors (Lipinski definition) is 5. The van der Waals surface area contributed by atoms with Gasteiger partial charge in [-0.1, -0.05) is 36.7 Å². The van der Waals surface area contributed by atoms with Crippen LogP contribution in [0.2, 0.25) is 5.02 Å². The SMILES string of the molecule is Cc1ccc(Cl)cc1S(=O)(=O)Nc1ccc(-c2nc(C(C)C)no2)cc1. The topological polar surface area (TPSA) is 85.1 Å². The molecule has 0 saturated heterocycles. The second-order valence-corrected chi connectivity index (χ2v) is 8.29. The summed E-state index contributed by atoms with van der Waals surface area (Å²) in [6.45, 7) is 5.67. The molecule has 0 bridgehead atoms. The van der Waals surface area contributed by atoms with E-state index in [4.69, 9.17) is 16.1 Å². The minimum absolute atomic E-state index is 0.146. The summed E-state index contributed by atoms with van der Waals surface area (Å²) in [5, 5.41) is 4.29. The molecular weight excluding hydrogens is 374 g/mol. The Balaban J connectivity index is 1.83. The molecule has 0 saturated carbocycles. The molecule has 136 valence electrons. The summed E-state index contributed by atoms with van der Waals surface area (Å²) in [5.41, 5.74) is 1.76. The van der Waals surface area contributed by atoms with Gasteiger partial charge >= 0.3 is 0 Å². The molecule has 6 nitrogen and oxygen atoms in total. The third-order valence-electron chi connectivity index (χ3n) is 3.78. The van der Waals surface area contributed by atoms with Crippen molar-refractivity contribution in [3.63, 3.8) is 0 Å². The highest BCUT2D eigenvalue weighted by Crippen LogP contribution is 2.25. The fourth-order valence-corrected chi connectivity index (χ4v) is 3.91. The predicted octanol–water partition coefficient (Wildman–Crippen LogP) is 4.62. The number of benzene rings is 2. The Morgan fingerprint density at radius 1 is 1.12 bits per heavy atom. The van der Waals surface area contributed by atoms with Gasteiger partial charge in [0.15, 0.2) is 5.82 Å². The molecule has 0 fully saturated rings. The average molecular weight is 392 g/mol. The summed E-state index contributed by atoms with van der Waals surface area (Å²) >= 11 is 5.92. The first-order valence-corrected chi connectivity index (χ1v) is 9.85. The zero-order valence-corrected chi connectivity index (χ0v) is 16.1. The van der Waals surface area contributed by atoms with E-state index in [0.717, 1.165) is 0 Å². The number of halogens is 1. The highest BCUT2D eigenvalue weighted by Gasteiger charge is 2.18. The van der Waals surface area contributed by atoms with Gasteiger partial charge in [0.1, 0.15) is 0 Å². The number of rotatable bonds is 5. The Bertz CT molecular complexity index is 1030. The molecule has 26 heavy (non-hydrogen) atoms. The molecule has 0 aliphatic carbocycles. The van der Waals surface area contributed by atoms with Gasteiger partial charge in [-0.25, -0.2) is 8.42 Å². The number of nitrogens with zero attached hydrogens (tertiary/aromatic N) is 2. The van der Waals surface area contributed by atoms with E-state index in [1.54, 1.807) is 43.3 Å². The minimum atomic E-state index is -3.74. The van der Waals surface area contributed by atoms with Crippen molar-refractivity contribution in [3.05, 3.63) is 58.9 Å². The lowest BCUT2D eigenvalue weighted by Gasteiger charge is -2.11. The molecule has 0 spiro atoms. The fraction of sp³-hybridized carbons (Fsp3) is 0.222. The Morgan fingerprint density at radius 2 is 1.81 bits per heavy atom. The molecule has 0 radical (unpaired) electrons. The molecule has 3 aromatic rings. The number of sulfonamides is 1. The third-order valence-corrected chi connectivity index (χ3v) is 5.54. The van der Waals surface area contributed by atoms with Gasteiger partial charge in [0.25, 0.3) is 15.9 Å². The van der Waals surface area contributed by atoms with Crippen LogP contribution in [0.1, 0.15) is 31.2 Å². The molecule has 0 aliphatic rings. The van der Waals surface area contributed by atoms with E-state index < -0.39 is 10.0 Å². The smallest absolute Gasteiger partial charge is 0.262 e. The van der Waals surface area contributed by atoms with E-state index in [9.17, 15) is 8.42 Å². The summed E-state index contributed by atoms with van der Waals surface area (Å²) in [4.78, 5) is 4.47. The van der Waals surface area contributed by atoms with E-state index in [-0.39, 0.29) is 10.8 Å². The van der Waals surface area contributed by atoms with Crippen molar-refractivity contribution < 1.29 is 12.9 Å². The summed E-state index contributed by atoms with van der Waals surface area (Å²) in [7, 11) is -3.74. The van der Waals surface area contributed by atoms with Crippen LogP contribution in [0.4, 0.5) is 5.69 Å². The van der Waals surface area contributed by atoms with E-state index in [2.05, 4.69) is 14.9 Å². The van der Waals surface area contributed by atoms with Crippen molar-refractivity contribution in [3.8, 4) is 11.5 Å². The maximum absolute atomic E-state index is 12.6. The number of aromatic nitrogens is 2. The lowest BCUT2D eigenvalue weighted by Crippen LogP contribution is -2.14. The highest BCUT2D eigenvalue weighted by atomic mass is 35.5. The van der Waals surface area contributed by atoms with Crippen molar-refractivity contribution in [2.24, 2.45) is 0 Å². The minimum Gasteiger partial charge on any atom is -0.334 e. The lowest BCUT2D eigenvalue weighted by atomic mass is 10.2. The first-order valence-electron chi connectivity index (χ1n) is 7.99. The Labute approximate surface area is 157 Å². The van der Waals surface area contributed by atoms with Crippen LogP contribution < -0.4 is 4.72 Å². The summed E-state index contributed by atoms with van der Waals surface area (Å²) in [6.07, 6.45) is 0. The maximum atomic E-state index is 12.6. The van der Waals surface area contributed by atoms with Crippen LogP contribution in [0.3, 0.4) is 0 Å². The van der Waals surface area contributed by atoms with Crippen LogP contribution in [-0.4, -0.2) is 18.6 Å². The van der Waals surface area contributed by atoms with Crippen molar-refractivity contribution in [1.29, 1.82) is 0 Å². The lowest BCUT2D eigenvalue weighted by molar-refractivity contribution is 0.419. The molecular formula is C18H18ClN3O3S. The van der Waals surface area contributed by atoms with Crippen LogP contribution in [0.15, 0.2) is 51.9 Å². The van der Waals surface area contributed by atoms with Gasteiger partial charge in [0.05, 0.1) is 4.90 Å². The number of hydrogen-bond donors (Lipinski definition) is 1. The number of nitrogens with one attached hydrogen (secondary N) is 1. The van der Waals surface area contributed by atoms with Crippen molar-refractivity contribution >= 4 is 27.3 Å². The van der Waals surface area contributed by atoms with Crippen LogP contribution in [0.5, 0.6) is 0 Å². The van der Waals surface area contributed by atoms with Gasteiger partial charge in [0, 0.05) is 22.2 Å². The number of anilines is 1. The molecule has 1 heterocycles. The highest BCUT2D eigenvalue weighted by molar-refractivity contribution is 7.92. The van der Waals surface area contributed by atoms with Gasteiger partial charge in [-0.3, -0.25) is 4.72 Å². The van der Waals surface area contributed by atoms with Gasteiger partial charge in [-0.15, -0.1) is 0 Å². The maximum Gasteiger partial charge on any atom is 0.262 e. The summed E-state index contributed by atoms with van der Waals surface area (Å²) < 4.78 is 33.0. The van der Waals surface area contributed by atoms with Crippen LogP contribution in [0, 0.1) is 6.92 Å². The zero-order valence-electron chi connectivity index (χ0n) is 14.5. The summed E-state index contributed by atoms with van der Waals surface area (Å²) in [6, 6.07) is 11.5. The van der Waals surface area contributed by atoms with Crippen molar-refractivity contribution in [1.82, 2.24) is 10.1 Å². The molecule has 0 unspecified atom stereocenters. The molecule has 0 amide bonds. The predicted molar refractivity (Wildman–Crippen MR) is 101 cm³/mol. The first kappa shape index (κ1) is 18.4. The monoisotopic (exact) mass is 391 g/mol. The van der Waals surface area contributed by atoms with Gasteiger partial charge in [-0.2, -0.15) is 4.98 Å². The zero-order chi connectivity index (χ0) is 18.9. The van der Waals surface area contributed by atoms with E-state index in [1.165, 1.54) is 6.07 Å². The molecule has 0 atom stereocenters. The molecule has 2 aromatic carbocycles. The van der Waals surface area contributed by atoms with Crippen molar-refractivity contribution in [2.75, 3.05) is 4.72 Å². The van der Waals surface area contributed by atoms with Crippen LogP contribution in [0.25, 0.3) is 11.5 Å². The van der Waals surface area contributed by atoms with E-state index in [1.807, 2.05) is 13.8 Å². The fourth-order valence-electron chi connectivity index (χ4n) is 2.34. The second kappa shape index (κ2) is 7.09. The van der Waals surface area contributed by atoms with Crippen molar-refractivity contribution in [2.45, 2.75) is 31.6 Å². The first-order chi connectivity index (χ1) is 12.3. The standard InChI is InChI=1S/C18H18ClN3O3S/c1-11(2)17-20-18(25-21-17)13-5-8-15(9-6-13)22-26(23,24)16-10-14(19)7-4-12(16)3/h4-11,22H,1-3H3. The number of aryl methyl sites for hydroxylation is 1.